The van der Waals surface area contributed by atoms with Gasteiger partial charge in [0.05, 0.1) is 0 Å². The maximum atomic E-state index is 5.12. The van der Waals surface area contributed by atoms with E-state index in [4.69, 9.17) is 12.2 Å². The molecule has 0 aromatic carbocycles. The lowest BCUT2D eigenvalue weighted by atomic mass is 10.1. The molecule has 0 fully saturated rings. The van der Waals surface area contributed by atoms with Crippen molar-refractivity contribution < 1.29 is 0 Å². The van der Waals surface area contributed by atoms with Gasteiger partial charge in [-0.25, -0.2) is 0 Å². The Labute approximate surface area is 125 Å². The van der Waals surface area contributed by atoms with Crippen molar-refractivity contribution in [3.05, 3.63) is 12.7 Å². The molecule has 0 aromatic rings. The summed E-state index contributed by atoms with van der Waals surface area (Å²) >= 11 is 5.12. The van der Waals surface area contributed by atoms with Crippen molar-refractivity contribution in [1.82, 2.24) is 10.6 Å². The number of rotatable bonds is 13. The van der Waals surface area contributed by atoms with E-state index >= 15 is 0 Å². The SMILES string of the molecule is C=CCNC(=S)NCCCCCCCCCCCC. The van der Waals surface area contributed by atoms with Crippen LogP contribution in [0.1, 0.15) is 71.1 Å². The second-order valence-corrected chi connectivity index (χ2v) is 5.52. The summed E-state index contributed by atoms with van der Waals surface area (Å²) in [5.41, 5.74) is 0. The van der Waals surface area contributed by atoms with Crippen LogP contribution in [0.15, 0.2) is 12.7 Å². The van der Waals surface area contributed by atoms with Crippen LogP contribution in [0.5, 0.6) is 0 Å². The van der Waals surface area contributed by atoms with Crippen LogP contribution < -0.4 is 10.6 Å². The van der Waals surface area contributed by atoms with E-state index in [1.165, 1.54) is 64.2 Å². The molecule has 3 heteroatoms. The Hall–Kier alpha value is -0.570. The summed E-state index contributed by atoms with van der Waals surface area (Å²) in [5, 5.41) is 7.03. The third-order valence-electron chi connectivity index (χ3n) is 3.22. The Morgan fingerprint density at radius 3 is 1.95 bits per heavy atom. The van der Waals surface area contributed by atoms with Gasteiger partial charge in [0.15, 0.2) is 5.11 Å². The first-order valence-electron chi connectivity index (χ1n) is 7.93. The molecule has 0 aliphatic heterocycles. The fraction of sp³-hybridized carbons (Fsp3) is 0.812. The minimum Gasteiger partial charge on any atom is -0.363 e. The van der Waals surface area contributed by atoms with E-state index in [0.29, 0.717) is 0 Å². The first-order chi connectivity index (χ1) is 9.31. The topological polar surface area (TPSA) is 24.1 Å². The normalized spacial score (nSPS) is 10.2. The van der Waals surface area contributed by atoms with E-state index < -0.39 is 0 Å². The van der Waals surface area contributed by atoms with Crippen molar-refractivity contribution >= 4 is 17.3 Å². The molecule has 0 rings (SSSR count). The average Bonchev–Trinajstić information content (AvgIpc) is 2.42. The Bertz CT molecular complexity index is 217. The highest BCUT2D eigenvalue weighted by Crippen LogP contribution is 2.10. The smallest absolute Gasteiger partial charge is 0.166 e. The molecule has 0 saturated heterocycles. The zero-order valence-corrected chi connectivity index (χ0v) is 13.5. The minimum atomic E-state index is 0.740. The van der Waals surface area contributed by atoms with Gasteiger partial charge in [0.1, 0.15) is 0 Å². The molecule has 0 heterocycles. The zero-order chi connectivity index (χ0) is 14.2. The van der Waals surface area contributed by atoms with Gasteiger partial charge < -0.3 is 10.6 Å². The lowest BCUT2D eigenvalue weighted by molar-refractivity contribution is 0.554. The molecule has 0 unspecified atom stereocenters. The van der Waals surface area contributed by atoms with Crippen molar-refractivity contribution in [1.29, 1.82) is 0 Å². The van der Waals surface area contributed by atoms with Gasteiger partial charge in [0, 0.05) is 13.1 Å². The van der Waals surface area contributed by atoms with E-state index in [1.807, 2.05) is 6.08 Å². The molecule has 0 radical (unpaired) electrons. The third-order valence-corrected chi connectivity index (χ3v) is 3.51. The molecule has 2 nitrogen and oxygen atoms in total. The van der Waals surface area contributed by atoms with E-state index in [9.17, 15) is 0 Å². The second-order valence-electron chi connectivity index (χ2n) is 5.11. The number of unbranched alkanes of at least 4 members (excludes halogenated alkanes) is 9. The standard InChI is InChI=1S/C16H32N2S/c1-3-5-6-7-8-9-10-11-12-13-15-18-16(19)17-14-4-2/h4H,2-3,5-15H2,1H3,(H2,17,18,19). The van der Waals surface area contributed by atoms with Crippen molar-refractivity contribution in [3.63, 3.8) is 0 Å². The molecule has 0 aromatic heterocycles. The summed E-state index contributed by atoms with van der Waals surface area (Å²) in [7, 11) is 0. The lowest BCUT2D eigenvalue weighted by Crippen LogP contribution is -2.35. The van der Waals surface area contributed by atoms with E-state index in [1.54, 1.807) is 0 Å². The Morgan fingerprint density at radius 1 is 0.895 bits per heavy atom. The number of hydrogen-bond acceptors (Lipinski definition) is 1. The lowest BCUT2D eigenvalue weighted by Gasteiger charge is -2.08. The first-order valence-corrected chi connectivity index (χ1v) is 8.34. The van der Waals surface area contributed by atoms with E-state index in [0.717, 1.165) is 18.2 Å². The molecular formula is C16H32N2S. The summed E-state index contributed by atoms with van der Waals surface area (Å²) in [6.07, 6.45) is 15.5. The minimum absolute atomic E-state index is 0.740. The highest BCUT2D eigenvalue weighted by molar-refractivity contribution is 7.80. The molecule has 112 valence electrons. The summed E-state index contributed by atoms with van der Waals surface area (Å²) < 4.78 is 0. The first kappa shape index (κ1) is 18.4. The van der Waals surface area contributed by atoms with Crippen molar-refractivity contribution in [2.45, 2.75) is 71.1 Å². The maximum Gasteiger partial charge on any atom is 0.166 e. The van der Waals surface area contributed by atoms with Gasteiger partial charge in [-0.3, -0.25) is 0 Å². The third kappa shape index (κ3) is 15.4. The van der Waals surface area contributed by atoms with Crippen LogP contribution in [-0.4, -0.2) is 18.2 Å². The second kappa shape index (κ2) is 15.5. The summed E-state index contributed by atoms with van der Waals surface area (Å²) in [4.78, 5) is 0. The highest BCUT2D eigenvalue weighted by Gasteiger charge is 1.94. The van der Waals surface area contributed by atoms with Crippen molar-refractivity contribution in [2.75, 3.05) is 13.1 Å². The largest absolute Gasteiger partial charge is 0.363 e. The van der Waals surface area contributed by atoms with Gasteiger partial charge >= 0.3 is 0 Å². The Balaban J connectivity index is 3.06. The predicted molar refractivity (Wildman–Crippen MR) is 90.6 cm³/mol. The quantitative estimate of drug-likeness (QED) is 0.294. The molecule has 2 N–H and O–H groups in total. The van der Waals surface area contributed by atoms with E-state index in [-0.39, 0.29) is 0 Å². The van der Waals surface area contributed by atoms with Crippen LogP contribution >= 0.6 is 12.2 Å². The molecule has 0 aliphatic rings. The van der Waals surface area contributed by atoms with Gasteiger partial charge in [0.25, 0.3) is 0 Å². The van der Waals surface area contributed by atoms with E-state index in [2.05, 4.69) is 24.1 Å². The molecule has 0 saturated carbocycles. The molecule has 0 amide bonds. The van der Waals surface area contributed by atoms with Crippen LogP contribution in [0.4, 0.5) is 0 Å². The van der Waals surface area contributed by atoms with Gasteiger partial charge in [0.2, 0.25) is 0 Å². The zero-order valence-electron chi connectivity index (χ0n) is 12.7. The van der Waals surface area contributed by atoms with Crippen molar-refractivity contribution in [2.24, 2.45) is 0 Å². The van der Waals surface area contributed by atoms with Gasteiger partial charge in [-0.05, 0) is 18.6 Å². The molecule has 0 aliphatic carbocycles. The van der Waals surface area contributed by atoms with Crippen LogP contribution in [-0.2, 0) is 0 Å². The molecule has 0 bridgehead atoms. The van der Waals surface area contributed by atoms with Crippen LogP contribution in [0, 0.1) is 0 Å². The van der Waals surface area contributed by atoms with Crippen molar-refractivity contribution in [3.8, 4) is 0 Å². The average molecular weight is 285 g/mol. The number of hydrogen-bond donors (Lipinski definition) is 2. The fourth-order valence-corrected chi connectivity index (χ4v) is 2.23. The highest BCUT2D eigenvalue weighted by atomic mass is 32.1. The fourth-order valence-electron chi connectivity index (χ4n) is 2.04. The summed E-state index contributed by atoms with van der Waals surface area (Å²) in [6, 6.07) is 0. The maximum absolute atomic E-state index is 5.12. The number of thiocarbonyl (C=S) groups is 1. The Kier molecular flexibility index (Phi) is 15.0. The predicted octanol–water partition coefficient (Wildman–Crippen LogP) is 4.56. The Morgan fingerprint density at radius 2 is 1.42 bits per heavy atom. The van der Waals surface area contributed by atoms with Crippen LogP contribution in [0.2, 0.25) is 0 Å². The molecule has 0 atom stereocenters. The van der Waals surface area contributed by atoms with Crippen LogP contribution in [0.3, 0.4) is 0 Å². The molecular weight excluding hydrogens is 252 g/mol. The molecule has 19 heavy (non-hydrogen) atoms. The summed E-state index contributed by atoms with van der Waals surface area (Å²) in [6.45, 7) is 7.64. The molecule has 0 spiro atoms. The van der Waals surface area contributed by atoms with Gasteiger partial charge in [-0.15, -0.1) is 6.58 Å². The summed E-state index contributed by atoms with van der Waals surface area (Å²) in [5.74, 6) is 0. The van der Waals surface area contributed by atoms with Crippen LogP contribution in [0.25, 0.3) is 0 Å². The van der Waals surface area contributed by atoms with Gasteiger partial charge in [-0.1, -0.05) is 70.8 Å². The number of nitrogens with one attached hydrogen (secondary N) is 2. The monoisotopic (exact) mass is 284 g/mol. The van der Waals surface area contributed by atoms with Gasteiger partial charge in [-0.2, -0.15) is 0 Å².